The Morgan fingerprint density at radius 2 is 1.94 bits per heavy atom. The van der Waals surface area contributed by atoms with E-state index in [9.17, 15) is 0 Å². The summed E-state index contributed by atoms with van der Waals surface area (Å²) >= 11 is 5.66. The van der Waals surface area contributed by atoms with E-state index in [1.54, 1.807) is 0 Å². The minimum Gasteiger partial charge on any atom is -0.425 e. The van der Waals surface area contributed by atoms with Gasteiger partial charge in [0.25, 0.3) is 0 Å². The quantitative estimate of drug-likeness (QED) is 0.760. The van der Waals surface area contributed by atoms with E-state index in [2.05, 4.69) is 10.2 Å². The highest BCUT2D eigenvalue weighted by Gasteiger charge is 2.67. The van der Waals surface area contributed by atoms with E-state index in [0.717, 1.165) is 29.6 Å². The highest BCUT2D eigenvalue weighted by Crippen LogP contribution is 2.72. The van der Waals surface area contributed by atoms with E-state index in [1.807, 2.05) is 0 Å². The van der Waals surface area contributed by atoms with Gasteiger partial charge in [0, 0.05) is 18.2 Å². The van der Waals surface area contributed by atoms with Crippen molar-refractivity contribution in [1.29, 1.82) is 0 Å². The van der Waals surface area contributed by atoms with Gasteiger partial charge in [-0.2, -0.15) is 0 Å². The van der Waals surface area contributed by atoms with Gasteiger partial charge in [-0.15, -0.1) is 21.8 Å². The molecule has 1 aromatic heterocycles. The summed E-state index contributed by atoms with van der Waals surface area (Å²) in [7, 11) is 0. The van der Waals surface area contributed by atoms with Crippen molar-refractivity contribution in [2.45, 2.75) is 31.6 Å². The molecule has 0 amide bonds. The molecule has 4 heteroatoms. The Kier molecular flexibility index (Phi) is 1.90. The van der Waals surface area contributed by atoms with E-state index in [1.165, 1.54) is 19.3 Å². The molecule has 86 valence electrons. The Labute approximate surface area is 99.6 Å². The molecule has 1 aromatic rings. The summed E-state index contributed by atoms with van der Waals surface area (Å²) in [4.78, 5) is 0. The number of hydrogen-bond donors (Lipinski definition) is 0. The summed E-state index contributed by atoms with van der Waals surface area (Å²) < 4.78 is 5.70. The third-order valence-electron chi connectivity index (χ3n) is 4.81. The molecular weight excluding hydrogens is 224 g/mol. The Morgan fingerprint density at radius 1 is 1.19 bits per heavy atom. The van der Waals surface area contributed by atoms with Gasteiger partial charge >= 0.3 is 0 Å². The van der Waals surface area contributed by atoms with Crippen molar-refractivity contribution < 1.29 is 4.42 Å². The van der Waals surface area contributed by atoms with Crippen LogP contribution in [0.3, 0.4) is 0 Å². The molecule has 2 bridgehead atoms. The van der Waals surface area contributed by atoms with Crippen LogP contribution in [0.15, 0.2) is 4.42 Å². The summed E-state index contributed by atoms with van der Waals surface area (Å²) in [6.07, 6.45) is 5.04. The largest absolute Gasteiger partial charge is 0.425 e. The van der Waals surface area contributed by atoms with Crippen LogP contribution in [-0.2, 0) is 6.42 Å². The average Bonchev–Trinajstić information content (AvgIpc) is 2.73. The van der Waals surface area contributed by atoms with Gasteiger partial charge in [-0.3, -0.25) is 0 Å². The SMILES string of the molecule is ClCCc1nnc(C2C3C4CCC(C4)C23)o1. The maximum absolute atomic E-state index is 5.70. The molecule has 3 nitrogen and oxygen atoms in total. The number of nitrogens with zero attached hydrogens (tertiary/aromatic N) is 2. The molecule has 4 unspecified atom stereocenters. The lowest BCUT2D eigenvalue weighted by Crippen LogP contribution is -1.97. The molecular formula is C12H15ClN2O. The molecule has 0 spiro atoms. The van der Waals surface area contributed by atoms with Crippen LogP contribution in [0.2, 0.25) is 0 Å². The first kappa shape index (κ1) is 9.46. The van der Waals surface area contributed by atoms with E-state index in [0.29, 0.717) is 24.1 Å². The van der Waals surface area contributed by atoms with Crippen molar-refractivity contribution in [1.82, 2.24) is 10.2 Å². The molecule has 4 atom stereocenters. The number of halogens is 1. The first-order valence-corrected chi connectivity index (χ1v) is 6.80. The summed E-state index contributed by atoms with van der Waals surface area (Å²) in [5, 5.41) is 8.26. The van der Waals surface area contributed by atoms with E-state index in [-0.39, 0.29) is 0 Å². The molecule has 4 rings (SSSR count). The fraction of sp³-hybridized carbons (Fsp3) is 0.833. The minimum absolute atomic E-state index is 0.560. The van der Waals surface area contributed by atoms with Gasteiger partial charge in [-0.05, 0) is 42.9 Å². The van der Waals surface area contributed by atoms with Crippen LogP contribution in [-0.4, -0.2) is 16.1 Å². The van der Waals surface area contributed by atoms with Crippen LogP contribution >= 0.6 is 11.6 Å². The van der Waals surface area contributed by atoms with E-state index >= 15 is 0 Å². The zero-order valence-corrected chi connectivity index (χ0v) is 9.86. The van der Waals surface area contributed by atoms with Crippen LogP contribution in [0.4, 0.5) is 0 Å². The highest BCUT2D eigenvalue weighted by atomic mass is 35.5. The second-order valence-corrected chi connectivity index (χ2v) is 5.86. The van der Waals surface area contributed by atoms with Crippen molar-refractivity contribution in [3.63, 3.8) is 0 Å². The van der Waals surface area contributed by atoms with Crippen molar-refractivity contribution in [2.24, 2.45) is 23.7 Å². The van der Waals surface area contributed by atoms with E-state index < -0.39 is 0 Å². The van der Waals surface area contributed by atoms with Gasteiger partial charge in [0.15, 0.2) is 0 Å². The summed E-state index contributed by atoms with van der Waals surface area (Å²) in [6.45, 7) is 0. The van der Waals surface area contributed by atoms with Gasteiger partial charge in [0.1, 0.15) is 0 Å². The second-order valence-electron chi connectivity index (χ2n) is 5.49. The van der Waals surface area contributed by atoms with Gasteiger partial charge in [-0.1, -0.05) is 0 Å². The molecule has 3 aliphatic rings. The van der Waals surface area contributed by atoms with Gasteiger partial charge in [-0.25, -0.2) is 0 Å². The van der Waals surface area contributed by atoms with Gasteiger partial charge in [0.05, 0.1) is 0 Å². The lowest BCUT2D eigenvalue weighted by molar-refractivity contribution is 0.412. The molecule has 0 radical (unpaired) electrons. The number of fused-ring (bicyclic) bond motifs is 5. The monoisotopic (exact) mass is 238 g/mol. The number of rotatable bonds is 3. The highest BCUT2D eigenvalue weighted by molar-refractivity contribution is 6.17. The minimum atomic E-state index is 0.560. The molecule has 0 aliphatic heterocycles. The molecule has 3 aliphatic carbocycles. The maximum atomic E-state index is 5.70. The lowest BCUT2D eigenvalue weighted by Gasteiger charge is -2.04. The number of hydrogen-bond acceptors (Lipinski definition) is 3. The third kappa shape index (κ3) is 1.15. The second kappa shape index (κ2) is 3.22. The van der Waals surface area contributed by atoms with Crippen molar-refractivity contribution in [3.8, 4) is 0 Å². The van der Waals surface area contributed by atoms with Crippen molar-refractivity contribution in [3.05, 3.63) is 11.8 Å². The van der Waals surface area contributed by atoms with Gasteiger partial charge in [0.2, 0.25) is 11.8 Å². The van der Waals surface area contributed by atoms with Crippen LogP contribution < -0.4 is 0 Å². The topological polar surface area (TPSA) is 38.9 Å². The smallest absolute Gasteiger partial charge is 0.220 e. The fourth-order valence-corrected chi connectivity index (χ4v) is 4.40. The summed E-state index contributed by atoms with van der Waals surface area (Å²) in [5.41, 5.74) is 0. The van der Waals surface area contributed by atoms with Gasteiger partial charge < -0.3 is 4.42 Å². The molecule has 0 aromatic carbocycles. The Bertz CT molecular complexity index is 403. The van der Waals surface area contributed by atoms with Crippen molar-refractivity contribution >= 4 is 11.6 Å². The predicted molar refractivity (Wildman–Crippen MR) is 59.3 cm³/mol. The number of alkyl halides is 1. The number of aryl methyl sites for hydroxylation is 1. The molecule has 16 heavy (non-hydrogen) atoms. The summed E-state index contributed by atoms with van der Waals surface area (Å²) in [5.74, 6) is 6.44. The van der Waals surface area contributed by atoms with Crippen LogP contribution in [0.1, 0.15) is 37.0 Å². The Hall–Kier alpha value is -0.570. The number of aromatic nitrogens is 2. The lowest BCUT2D eigenvalue weighted by atomic mass is 10.0. The van der Waals surface area contributed by atoms with E-state index in [4.69, 9.17) is 16.0 Å². The van der Waals surface area contributed by atoms with Crippen molar-refractivity contribution in [2.75, 3.05) is 5.88 Å². The third-order valence-corrected chi connectivity index (χ3v) is 5.00. The van der Waals surface area contributed by atoms with Crippen LogP contribution in [0.25, 0.3) is 0 Å². The molecule has 3 saturated carbocycles. The maximum Gasteiger partial charge on any atom is 0.220 e. The first-order chi connectivity index (χ1) is 7.88. The zero-order chi connectivity index (χ0) is 10.7. The molecule has 3 fully saturated rings. The predicted octanol–water partition coefficient (Wildman–Crippen LogP) is 2.61. The average molecular weight is 239 g/mol. The normalized spacial score (nSPS) is 43.7. The van der Waals surface area contributed by atoms with Crippen LogP contribution in [0, 0.1) is 23.7 Å². The van der Waals surface area contributed by atoms with Crippen LogP contribution in [0.5, 0.6) is 0 Å². The zero-order valence-electron chi connectivity index (χ0n) is 9.10. The fourth-order valence-electron chi connectivity index (χ4n) is 4.24. The molecule has 0 N–H and O–H groups in total. The molecule has 0 saturated heterocycles. The Morgan fingerprint density at radius 3 is 2.62 bits per heavy atom. The summed E-state index contributed by atoms with van der Waals surface area (Å²) in [6, 6.07) is 0. The first-order valence-electron chi connectivity index (χ1n) is 6.26. The Balaban J connectivity index is 1.55. The molecule has 1 heterocycles. The standard InChI is InChI=1S/C12H15ClN2O/c13-4-3-8-14-15-12(16-8)11-9-6-1-2-7(5-6)10(9)11/h6-7,9-11H,1-5H2.